The Morgan fingerprint density at radius 2 is 1.93 bits per heavy atom. The summed E-state index contributed by atoms with van der Waals surface area (Å²) in [5, 5.41) is 8.83. The molecule has 0 saturated carbocycles. The van der Waals surface area contributed by atoms with Crippen LogP contribution < -0.4 is 0 Å². The Bertz CT molecular complexity index is 1050. The molecule has 0 bridgehead atoms. The SMILES string of the molecule is Cn1cc(CN2CCC3(CCn4nc(-c5cncc(C(F)(F)F)c5)cc43)C2)cn1. The zero-order valence-electron chi connectivity index (χ0n) is 16.0. The van der Waals surface area contributed by atoms with Gasteiger partial charge in [-0.3, -0.25) is 19.2 Å². The number of pyridine rings is 1. The molecule has 0 aromatic carbocycles. The van der Waals surface area contributed by atoms with E-state index < -0.39 is 11.7 Å². The van der Waals surface area contributed by atoms with Gasteiger partial charge in [-0.15, -0.1) is 0 Å². The highest BCUT2D eigenvalue weighted by Crippen LogP contribution is 2.44. The summed E-state index contributed by atoms with van der Waals surface area (Å²) in [6, 6.07) is 3.08. The van der Waals surface area contributed by atoms with E-state index in [0.29, 0.717) is 11.3 Å². The van der Waals surface area contributed by atoms with Crippen LogP contribution in [-0.4, -0.2) is 42.5 Å². The van der Waals surface area contributed by atoms with E-state index in [4.69, 9.17) is 0 Å². The van der Waals surface area contributed by atoms with Crippen molar-refractivity contribution in [3.8, 4) is 11.3 Å². The minimum absolute atomic E-state index is 0.0164. The molecule has 3 aromatic rings. The van der Waals surface area contributed by atoms with Crippen molar-refractivity contribution in [2.75, 3.05) is 13.1 Å². The Hall–Kier alpha value is -2.68. The van der Waals surface area contributed by atoms with Gasteiger partial charge in [-0.25, -0.2) is 0 Å². The zero-order valence-corrected chi connectivity index (χ0v) is 16.0. The quantitative estimate of drug-likeness (QED) is 0.675. The number of halogens is 3. The molecule has 1 atom stereocenters. The van der Waals surface area contributed by atoms with Crippen molar-refractivity contribution in [1.82, 2.24) is 29.4 Å². The first-order valence-electron chi connectivity index (χ1n) is 9.63. The van der Waals surface area contributed by atoms with E-state index in [2.05, 4.69) is 20.1 Å². The highest BCUT2D eigenvalue weighted by molar-refractivity contribution is 5.60. The molecule has 152 valence electrons. The Balaban J connectivity index is 1.39. The Kier molecular flexibility index (Phi) is 4.06. The highest BCUT2D eigenvalue weighted by Gasteiger charge is 2.45. The first kappa shape index (κ1) is 18.4. The molecular formula is C20H21F3N6. The third kappa shape index (κ3) is 3.23. The molecule has 1 spiro atoms. The van der Waals surface area contributed by atoms with E-state index in [9.17, 15) is 13.2 Å². The average molecular weight is 402 g/mol. The summed E-state index contributed by atoms with van der Waals surface area (Å²) in [5.41, 5.74) is 2.54. The lowest BCUT2D eigenvalue weighted by atomic mass is 9.82. The predicted octanol–water partition coefficient (Wildman–Crippen LogP) is 3.24. The largest absolute Gasteiger partial charge is 0.417 e. The molecule has 1 unspecified atom stereocenters. The van der Waals surface area contributed by atoms with Crippen molar-refractivity contribution in [2.24, 2.45) is 7.05 Å². The summed E-state index contributed by atoms with van der Waals surface area (Å²) >= 11 is 0. The first-order valence-corrected chi connectivity index (χ1v) is 9.63. The number of nitrogens with zero attached hydrogens (tertiary/aromatic N) is 6. The fraction of sp³-hybridized carbons (Fsp3) is 0.450. The van der Waals surface area contributed by atoms with Gasteiger partial charge in [0.1, 0.15) is 0 Å². The van der Waals surface area contributed by atoms with Crippen molar-refractivity contribution >= 4 is 0 Å². The average Bonchev–Trinajstić information content (AvgIpc) is 3.43. The van der Waals surface area contributed by atoms with Crippen LogP contribution in [0.2, 0.25) is 0 Å². The number of hydrogen-bond donors (Lipinski definition) is 0. The van der Waals surface area contributed by atoms with Crippen LogP contribution in [0.25, 0.3) is 11.3 Å². The van der Waals surface area contributed by atoms with Crippen LogP contribution in [0.1, 0.15) is 29.7 Å². The molecule has 9 heteroatoms. The number of rotatable bonds is 3. The van der Waals surface area contributed by atoms with Gasteiger partial charge < -0.3 is 0 Å². The summed E-state index contributed by atoms with van der Waals surface area (Å²) < 4.78 is 42.9. The molecule has 0 aliphatic carbocycles. The van der Waals surface area contributed by atoms with E-state index in [1.807, 2.05) is 30.2 Å². The minimum Gasteiger partial charge on any atom is -0.298 e. The van der Waals surface area contributed by atoms with Gasteiger partial charge in [0.15, 0.2) is 0 Å². The molecule has 3 aromatic heterocycles. The van der Waals surface area contributed by atoms with Crippen LogP contribution in [-0.2, 0) is 31.7 Å². The third-order valence-corrected chi connectivity index (χ3v) is 6.08. The first-order chi connectivity index (χ1) is 13.8. The van der Waals surface area contributed by atoms with Crippen LogP contribution in [0.4, 0.5) is 13.2 Å². The van der Waals surface area contributed by atoms with Crippen molar-refractivity contribution in [3.05, 3.63) is 53.7 Å². The Morgan fingerprint density at radius 3 is 2.69 bits per heavy atom. The summed E-state index contributed by atoms with van der Waals surface area (Å²) in [4.78, 5) is 6.20. The number of hydrogen-bond acceptors (Lipinski definition) is 4. The number of aromatic nitrogens is 5. The lowest BCUT2D eigenvalue weighted by molar-refractivity contribution is -0.137. The van der Waals surface area contributed by atoms with Crippen LogP contribution >= 0.6 is 0 Å². The fourth-order valence-electron chi connectivity index (χ4n) is 4.66. The number of fused-ring (bicyclic) bond motifs is 2. The van der Waals surface area contributed by atoms with E-state index in [0.717, 1.165) is 57.0 Å². The van der Waals surface area contributed by atoms with Gasteiger partial charge in [-0.1, -0.05) is 0 Å². The van der Waals surface area contributed by atoms with Gasteiger partial charge >= 0.3 is 6.18 Å². The second-order valence-corrected chi connectivity index (χ2v) is 8.11. The van der Waals surface area contributed by atoms with Crippen LogP contribution in [0.15, 0.2) is 36.9 Å². The van der Waals surface area contributed by atoms with E-state index >= 15 is 0 Å². The molecule has 2 aliphatic rings. The van der Waals surface area contributed by atoms with Crippen molar-refractivity contribution < 1.29 is 13.2 Å². The van der Waals surface area contributed by atoms with Gasteiger partial charge in [-0.2, -0.15) is 23.4 Å². The Labute approximate surface area is 166 Å². The standard InChI is InChI=1S/C20H21F3N6/c1-27-11-14(8-25-27)12-28-4-2-19(13-28)3-5-29-18(19)7-17(26-29)15-6-16(10-24-9-15)20(21,22)23/h6-11H,2-5,12-13H2,1H3. The molecule has 1 saturated heterocycles. The topological polar surface area (TPSA) is 51.8 Å². The predicted molar refractivity (Wildman–Crippen MR) is 99.9 cm³/mol. The maximum absolute atomic E-state index is 13.0. The van der Waals surface area contributed by atoms with Crippen LogP contribution in [0, 0.1) is 0 Å². The van der Waals surface area contributed by atoms with Crippen molar-refractivity contribution in [2.45, 2.75) is 37.5 Å². The zero-order chi connectivity index (χ0) is 20.2. The highest BCUT2D eigenvalue weighted by atomic mass is 19.4. The van der Waals surface area contributed by atoms with Crippen LogP contribution in [0.3, 0.4) is 0 Å². The number of likely N-dealkylation sites (tertiary alicyclic amines) is 1. The molecule has 1 fully saturated rings. The molecular weight excluding hydrogens is 381 g/mol. The fourth-order valence-corrected chi connectivity index (χ4v) is 4.66. The van der Waals surface area contributed by atoms with Gasteiger partial charge in [0.05, 0.1) is 17.5 Å². The molecule has 5 heterocycles. The lowest BCUT2D eigenvalue weighted by Crippen LogP contribution is -2.28. The smallest absolute Gasteiger partial charge is 0.298 e. The van der Waals surface area contributed by atoms with E-state index in [1.54, 1.807) is 4.68 Å². The summed E-state index contributed by atoms with van der Waals surface area (Å²) in [7, 11) is 1.91. The molecule has 0 amide bonds. The van der Waals surface area contributed by atoms with Gasteiger partial charge in [0.25, 0.3) is 0 Å². The summed E-state index contributed by atoms with van der Waals surface area (Å²) in [5.74, 6) is 0. The van der Waals surface area contributed by atoms with E-state index in [1.165, 1.54) is 11.8 Å². The number of aryl methyl sites for hydroxylation is 2. The van der Waals surface area contributed by atoms with Crippen molar-refractivity contribution in [3.63, 3.8) is 0 Å². The minimum atomic E-state index is -4.41. The molecule has 29 heavy (non-hydrogen) atoms. The summed E-state index contributed by atoms with van der Waals surface area (Å²) in [6.45, 7) is 3.56. The second kappa shape index (κ2) is 6.41. The normalized spacial score (nSPS) is 21.9. The third-order valence-electron chi connectivity index (χ3n) is 6.08. The number of alkyl halides is 3. The van der Waals surface area contributed by atoms with Gasteiger partial charge in [0.2, 0.25) is 0 Å². The van der Waals surface area contributed by atoms with Gasteiger partial charge in [0, 0.05) is 67.5 Å². The summed E-state index contributed by atoms with van der Waals surface area (Å²) in [6.07, 6.45) is 3.85. The molecule has 0 radical (unpaired) electrons. The van der Waals surface area contributed by atoms with Gasteiger partial charge in [-0.05, 0) is 31.5 Å². The maximum Gasteiger partial charge on any atom is 0.417 e. The monoisotopic (exact) mass is 402 g/mol. The lowest BCUT2D eigenvalue weighted by Gasteiger charge is -2.23. The maximum atomic E-state index is 13.0. The molecule has 0 N–H and O–H groups in total. The molecule has 2 aliphatic heterocycles. The second-order valence-electron chi connectivity index (χ2n) is 8.11. The molecule has 5 rings (SSSR count). The molecule has 6 nitrogen and oxygen atoms in total. The Morgan fingerprint density at radius 1 is 1.10 bits per heavy atom. The van der Waals surface area contributed by atoms with Crippen LogP contribution in [0.5, 0.6) is 0 Å². The van der Waals surface area contributed by atoms with E-state index in [-0.39, 0.29) is 5.41 Å². The van der Waals surface area contributed by atoms with Crippen molar-refractivity contribution in [1.29, 1.82) is 0 Å².